The molecule has 6 heteroatoms. The highest BCUT2D eigenvalue weighted by Gasteiger charge is 1.97. The number of oxime groups is 2. The van der Waals surface area contributed by atoms with Crippen LogP contribution in [-0.4, -0.2) is 46.4 Å². The van der Waals surface area contributed by atoms with Crippen LogP contribution in [0.25, 0.3) is 0 Å². The molecule has 102 valence electrons. The van der Waals surface area contributed by atoms with Crippen molar-refractivity contribution < 1.29 is 10.4 Å². The summed E-state index contributed by atoms with van der Waals surface area (Å²) in [6.45, 7) is 8.45. The first-order valence-corrected chi connectivity index (χ1v) is 5.93. The minimum atomic E-state index is 0.540. The number of rotatable bonds is 7. The zero-order chi connectivity index (χ0) is 14.0. The molecule has 0 atom stereocenters. The zero-order valence-corrected chi connectivity index (χ0v) is 11.5. The number of hydrogen-bond donors (Lipinski definition) is 2. The average molecular weight is 254 g/mol. The van der Waals surface area contributed by atoms with Crippen LogP contribution in [0.4, 0.5) is 0 Å². The minimum Gasteiger partial charge on any atom is -0.411 e. The molecular formula is C12H22N4O2. The van der Waals surface area contributed by atoms with E-state index in [2.05, 4.69) is 20.3 Å². The third kappa shape index (κ3) is 6.78. The normalized spacial score (nSPS) is 15.1. The third-order valence-corrected chi connectivity index (χ3v) is 2.61. The lowest BCUT2D eigenvalue weighted by atomic mass is 10.2. The van der Waals surface area contributed by atoms with Crippen LogP contribution in [0.5, 0.6) is 0 Å². The van der Waals surface area contributed by atoms with Crippen molar-refractivity contribution in [3.63, 3.8) is 0 Å². The van der Waals surface area contributed by atoms with Crippen LogP contribution in [0.15, 0.2) is 20.3 Å². The van der Waals surface area contributed by atoms with E-state index in [4.69, 9.17) is 10.4 Å². The van der Waals surface area contributed by atoms with Crippen molar-refractivity contribution in [3.05, 3.63) is 0 Å². The maximum atomic E-state index is 8.54. The Morgan fingerprint density at radius 3 is 1.28 bits per heavy atom. The van der Waals surface area contributed by atoms with E-state index < -0.39 is 0 Å². The molecule has 0 unspecified atom stereocenters. The van der Waals surface area contributed by atoms with Crippen LogP contribution in [0.2, 0.25) is 0 Å². The lowest BCUT2D eigenvalue weighted by Gasteiger charge is -1.99. The summed E-state index contributed by atoms with van der Waals surface area (Å²) >= 11 is 0. The minimum absolute atomic E-state index is 0.540. The standard InChI is InChI=1S/C12H22N4O2/c1-9(11(3)15-17)13-7-5-6-8-14-10(2)12(4)16-18/h17-18H,5-8H2,1-4H3. The molecule has 0 aromatic heterocycles. The Labute approximate surface area is 108 Å². The molecule has 0 fully saturated rings. The Morgan fingerprint density at radius 1 is 0.667 bits per heavy atom. The van der Waals surface area contributed by atoms with Gasteiger partial charge in [-0.3, -0.25) is 9.98 Å². The SMILES string of the molecule is CC(=NO)C(C)=NCCCCN=C(C)C(C)=NO. The molecule has 0 aliphatic rings. The first-order valence-electron chi connectivity index (χ1n) is 5.93. The van der Waals surface area contributed by atoms with Crippen LogP contribution in [-0.2, 0) is 0 Å². The van der Waals surface area contributed by atoms with Crippen molar-refractivity contribution in [2.45, 2.75) is 40.5 Å². The predicted molar refractivity (Wildman–Crippen MR) is 75.0 cm³/mol. The fourth-order valence-electron chi connectivity index (χ4n) is 1.09. The van der Waals surface area contributed by atoms with Gasteiger partial charge in [0.25, 0.3) is 0 Å². The molecule has 0 amide bonds. The summed E-state index contributed by atoms with van der Waals surface area (Å²) in [5.74, 6) is 0. The van der Waals surface area contributed by atoms with E-state index in [9.17, 15) is 0 Å². The summed E-state index contributed by atoms with van der Waals surface area (Å²) in [7, 11) is 0. The van der Waals surface area contributed by atoms with Gasteiger partial charge in [0, 0.05) is 13.1 Å². The fourth-order valence-corrected chi connectivity index (χ4v) is 1.09. The first kappa shape index (κ1) is 16.3. The monoisotopic (exact) mass is 254 g/mol. The summed E-state index contributed by atoms with van der Waals surface area (Å²) in [6.07, 6.45) is 1.84. The molecule has 0 heterocycles. The molecule has 18 heavy (non-hydrogen) atoms. The second-order valence-electron chi connectivity index (χ2n) is 4.01. The van der Waals surface area contributed by atoms with Crippen LogP contribution in [0.3, 0.4) is 0 Å². The summed E-state index contributed by atoms with van der Waals surface area (Å²) < 4.78 is 0. The van der Waals surface area contributed by atoms with Gasteiger partial charge < -0.3 is 10.4 Å². The smallest absolute Gasteiger partial charge is 0.0971 e. The molecule has 6 nitrogen and oxygen atoms in total. The van der Waals surface area contributed by atoms with E-state index >= 15 is 0 Å². The highest BCUT2D eigenvalue weighted by molar-refractivity contribution is 6.40. The third-order valence-electron chi connectivity index (χ3n) is 2.61. The number of nitrogens with zero attached hydrogens (tertiary/aromatic N) is 4. The van der Waals surface area contributed by atoms with Crippen LogP contribution in [0, 0.1) is 0 Å². The molecule has 2 N–H and O–H groups in total. The largest absolute Gasteiger partial charge is 0.411 e. The molecule has 0 rings (SSSR count). The highest BCUT2D eigenvalue weighted by atomic mass is 16.4. The van der Waals surface area contributed by atoms with E-state index in [0.717, 1.165) is 24.3 Å². The summed E-state index contributed by atoms with van der Waals surface area (Å²) in [5.41, 5.74) is 2.58. The molecule has 0 spiro atoms. The molecule has 0 aliphatic heterocycles. The van der Waals surface area contributed by atoms with Gasteiger partial charge in [0.1, 0.15) is 0 Å². The molecule has 0 aliphatic carbocycles. The van der Waals surface area contributed by atoms with Crippen molar-refractivity contribution in [2.24, 2.45) is 20.3 Å². The quantitative estimate of drug-likeness (QED) is 0.316. The van der Waals surface area contributed by atoms with Crippen molar-refractivity contribution >= 4 is 22.8 Å². The predicted octanol–water partition coefficient (Wildman–Crippen LogP) is 2.39. The van der Waals surface area contributed by atoms with Crippen LogP contribution >= 0.6 is 0 Å². The van der Waals surface area contributed by atoms with E-state index in [-0.39, 0.29) is 0 Å². The second-order valence-corrected chi connectivity index (χ2v) is 4.01. The van der Waals surface area contributed by atoms with Gasteiger partial charge in [0.05, 0.1) is 22.8 Å². The summed E-state index contributed by atoms with van der Waals surface area (Å²) in [4.78, 5) is 8.55. The van der Waals surface area contributed by atoms with Crippen LogP contribution < -0.4 is 0 Å². The molecule has 0 aromatic carbocycles. The Hall–Kier alpha value is -1.72. The number of unbranched alkanes of at least 4 members (excludes halogenated alkanes) is 1. The number of aliphatic imine (C=N–C) groups is 2. The lowest BCUT2D eigenvalue weighted by molar-refractivity contribution is 0.319. The van der Waals surface area contributed by atoms with Gasteiger partial charge in [-0.15, -0.1) is 0 Å². The molecule has 0 radical (unpaired) electrons. The zero-order valence-electron chi connectivity index (χ0n) is 11.5. The van der Waals surface area contributed by atoms with Crippen molar-refractivity contribution in [3.8, 4) is 0 Å². The van der Waals surface area contributed by atoms with Crippen molar-refractivity contribution in [1.29, 1.82) is 0 Å². The summed E-state index contributed by atoms with van der Waals surface area (Å²) in [5, 5.41) is 23.2. The van der Waals surface area contributed by atoms with Gasteiger partial charge >= 0.3 is 0 Å². The first-order chi connectivity index (χ1) is 8.52. The number of hydrogen-bond acceptors (Lipinski definition) is 6. The molecular weight excluding hydrogens is 232 g/mol. The maximum Gasteiger partial charge on any atom is 0.0971 e. The topological polar surface area (TPSA) is 89.9 Å². The average Bonchev–Trinajstić information content (AvgIpc) is 2.39. The van der Waals surface area contributed by atoms with Crippen molar-refractivity contribution in [2.75, 3.05) is 13.1 Å². The van der Waals surface area contributed by atoms with Gasteiger partial charge in [-0.2, -0.15) is 0 Å². The Balaban J connectivity index is 3.89. The van der Waals surface area contributed by atoms with E-state index in [1.54, 1.807) is 13.8 Å². The molecule has 0 saturated carbocycles. The van der Waals surface area contributed by atoms with Gasteiger partial charge in [-0.1, -0.05) is 10.3 Å². The second kappa shape index (κ2) is 9.32. The Kier molecular flexibility index (Phi) is 8.43. The Morgan fingerprint density at radius 2 is 1.00 bits per heavy atom. The van der Waals surface area contributed by atoms with E-state index in [0.29, 0.717) is 24.5 Å². The van der Waals surface area contributed by atoms with E-state index in [1.165, 1.54) is 0 Å². The van der Waals surface area contributed by atoms with Gasteiger partial charge in [0.2, 0.25) is 0 Å². The molecule has 0 bridgehead atoms. The van der Waals surface area contributed by atoms with Gasteiger partial charge in [0.15, 0.2) is 0 Å². The molecule has 0 aromatic rings. The van der Waals surface area contributed by atoms with Crippen LogP contribution in [0.1, 0.15) is 40.5 Å². The van der Waals surface area contributed by atoms with Crippen molar-refractivity contribution in [1.82, 2.24) is 0 Å². The van der Waals surface area contributed by atoms with Gasteiger partial charge in [-0.25, -0.2) is 0 Å². The van der Waals surface area contributed by atoms with Gasteiger partial charge in [-0.05, 0) is 40.5 Å². The highest BCUT2D eigenvalue weighted by Crippen LogP contribution is 1.94. The molecule has 0 saturated heterocycles. The Bertz CT molecular complexity index is 334. The fraction of sp³-hybridized carbons (Fsp3) is 0.667. The maximum absolute atomic E-state index is 8.54. The van der Waals surface area contributed by atoms with E-state index in [1.807, 2.05) is 13.8 Å². The lowest BCUT2D eigenvalue weighted by Crippen LogP contribution is -2.07. The summed E-state index contributed by atoms with van der Waals surface area (Å²) in [6, 6.07) is 0.